The number of aromatic nitrogens is 3. The van der Waals surface area contributed by atoms with Gasteiger partial charge in [0.2, 0.25) is 11.0 Å². The third-order valence-electron chi connectivity index (χ3n) is 3.66. The second-order valence-corrected chi connectivity index (χ2v) is 8.88. The number of nitrogens with zero attached hydrogens (tertiary/aromatic N) is 3. The molecule has 136 valence electrons. The molecular formula is C17H19N5OS3. The van der Waals surface area contributed by atoms with E-state index in [1.54, 1.807) is 7.05 Å². The number of hydrogen-bond donors (Lipinski definition) is 2. The number of benzene rings is 1. The first kappa shape index (κ1) is 18.8. The van der Waals surface area contributed by atoms with Crippen LogP contribution < -0.4 is 10.6 Å². The van der Waals surface area contributed by atoms with E-state index in [0.717, 1.165) is 27.1 Å². The summed E-state index contributed by atoms with van der Waals surface area (Å²) >= 11 is 4.24. The smallest absolute Gasteiger partial charge is 0.239 e. The lowest BCUT2D eigenvalue weighted by atomic mass is 10.1. The minimum absolute atomic E-state index is 0.0987. The zero-order valence-electron chi connectivity index (χ0n) is 14.6. The Kier molecular flexibility index (Phi) is 6.23. The molecule has 26 heavy (non-hydrogen) atoms. The first-order valence-electron chi connectivity index (χ1n) is 8.12. The van der Waals surface area contributed by atoms with Crippen LogP contribution in [0, 0.1) is 0 Å². The average molecular weight is 406 g/mol. The van der Waals surface area contributed by atoms with Crippen LogP contribution in [0.3, 0.4) is 0 Å². The second kappa shape index (κ2) is 8.61. The summed E-state index contributed by atoms with van der Waals surface area (Å²) in [6, 6.07) is 8.33. The molecule has 0 fully saturated rings. The number of amides is 1. The molecule has 1 atom stereocenters. The van der Waals surface area contributed by atoms with Gasteiger partial charge >= 0.3 is 0 Å². The van der Waals surface area contributed by atoms with Crippen molar-refractivity contribution in [2.24, 2.45) is 0 Å². The molecule has 1 aromatic carbocycles. The molecule has 0 radical (unpaired) electrons. The fraction of sp³-hybridized carbons (Fsp3) is 0.294. The third kappa shape index (κ3) is 4.60. The first-order valence-corrected chi connectivity index (χ1v) is 10.7. The first-order chi connectivity index (χ1) is 12.6. The van der Waals surface area contributed by atoms with Crippen molar-refractivity contribution >= 4 is 50.6 Å². The molecule has 9 heteroatoms. The van der Waals surface area contributed by atoms with E-state index in [-0.39, 0.29) is 11.2 Å². The number of nitrogens with one attached hydrogen (secondary N) is 2. The van der Waals surface area contributed by atoms with Gasteiger partial charge in [-0.15, -0.1) is 21.5 Å². The predicted molar refractivity (Wildman–Crippen MR) is 110 cm³/mol. The maximum atomic E-state index is 12.4. The summed E-state index contributed by atoms with van der Waals surface area (Å²) in [6.45, 7) is 3.98. The SMILES string of the molecule is CCc1ccc(-c2csc(NC(=O)[C@@H](C)Sc3nnc(NC)s3)n2)cc1. The Bertz CT molecular complexity index is 875. The van der Waals surface area contributed by atoms with Gasteiger partial charge in [-0.05, 0) is 18.9 Å². The number of aryl methyl sites for hydroxylation is 1. The topological polar surface area (TPSA) is 79.8 Å². The highest BCUT2D eigenvalue weighted by molar-refractivity contribution is 8.02. The largest absolute Gasteiger partial charge is 0.363 e. The minimum atomic E-state index is -0.288. The van der Waals surface area contributed by atoms with Gasteiger partial charge in [0.25, 0.3) is 0 Å². The molecule has 0 bridgehead atoms. The number of carbonyl (C=O) groups is 1. The van der Waals surface area contributed by atoms with Crippen LogP contribution in [-0.2, 0) is 11.2 Å². The van der Waals surface area contributed by atoms with Gasteiger partial charge < -0.3 is 10.6 Å². The monoisotopic (exact) mass is 405 g/mol. The number of rotatable bonds is 7. The van der Waals surface area contributed by atoms with Gasteiger partial charge in [0.05, 0.1) is 10.9 Å². The van der Waals surface area contributed by atoms with Gasteiger partial charge in [0.1, 0.15) is 0 Å². The molecule has 3 aromatic rings. The van der Waals surface area contributed by atoms with E-state index in [1.807, 2.05) is 12.3 Å². The van der Waals surface area contributed by atoms with Crippen LogP contribution in [0.2, 0.25) is 0 Å². The van der Waals surface area contributed by atoms with E-state index in [0.29, 0.717) is 5.13 Å². The van der Waals surface area contributed by atoms with Crippen LogP contribution in [0.15, 0.2) is 34.0 Å². The van der Waals surface area contributed by atoms with Crippen LogP contribution in [0.1, 0.15) is 19.4 Å². The van der Waals surface area contributed by atoms with Crippen molar-refractivity contribution in [3.8, 4) is 11.3 Å². The highest BCUT2D eigenvalue weighted by Crippen LogP contribution is 2.30. The quantitative estimate of drug-likeness (QED) is 0.568. The number of carbonyl (C=O) groups excluding carboxylic acids is 1. The lowest BCUT2D eigenvalue weighted by Crippen LogP contribution is -2.22. The van der Waals surface area contributed by atoms with E-state index >= 15 is 0 Å². The molecule has 0 unspecified atom stereocenters. The van der Waals surface area contributed by atoms with E-state index < -0.39 is 0 Å². The molecule has 2 heterocycles. The Morgan fingerprint density at radius 1 is 1.23 bits per heavy atom. The van der Waals surface area contributed by atoms with E-state index in [1.165, 1.54) is 40.0 Å². The maximum absolute atomic E-state index is 12.4. The fourth-order valence-electron chi connectivity index (χ4n) is 2.15. The van der Waals surface area contributed by atoms with Crippen LogP contribution in [0.5, 0.6) is 0 Å². The Balaban J connectivity index is 1.61. The van der Waals surface area contributed by atoms with Gasteiger partial charge in [-0.25, -0.2) is 4.98 Å². The van der Waals surface area contributed by atoms with Gasteiger partial charge in [-0.2, -0.15) is 0 Å². The summed E-state index contributed by atoms with van der Waals surface area (Å²) in [6.07, 6.45) is 1.01. The lowest BCUT2D eigenvalue weighted by Gasteiger charge is -2.07. The van der Waals surface area contributed by atoms with Crippen molar-refractivity contribution in [2.45, 2.75) is 29.9 Å². The van der Waals surface area contributed by atoms with Crippen molar-refractivity contribution in [3.63, 3.8) is 0 Å². The molecule has 1 amide bonds. The van der Waals surface area contributed by atoms with Gasteiger partial charge in [0, 0.05) is 18.0 Å². The predicted octanol–water partition coefficient (Wildman–Crippen LogP) is 4.39. The van der Waals surface area contributed by atoms with Crippen molar-refractivity contribution in [1.82, 2.24) is 15.2 Å². The van der Waals surface area contributed by atoms with Crippen LogP contribution in [-0.4, -0.2) is 33.4 Å². The van der Waals surface area contributed by atoms with Gasteiger partial charge in [0.15, 0.2) is 9.47 Å². The number of anilines is 2. The number of thioether (sulfide) groups is 1. The van der Waals surface area contributed by atoms with Crippen LogP contribution in [0.4, 0.5) is 10.3 Å². The number of hydrogen-bond acceptors (Lipinski definition) is 8. The average Bonchev–Trinajstić information content (AvgIpc) is 3.31. The molecule has 0 saturated heterocycles. The van der Waals surface area contributed by atoms with Gasteiger partial charge in [-0.3, -0.25) is 4.79 Å². The summed E-state index contributed by atoms with van der Waals surface area (Å²) < 4.78 is 0.757. The van der Waals surface area contributed by atoms with E-state index in [2.05, 4.69) is 57.0 Å². The maximum Gasteiger partial charge on any atom is 0.239 e. The zero-order chi connectivity index (χ0) is 18.5. The second-order valence-electron chi connectivity index (χ2n) is 5.46. The molecule has 3 rings (SSSR count). The normalized spacial score (nSPS) is 12.0. The van der Waals surface area contributed by atoms with Crippen molar-refractivity contribution in [1.29, 1.82) is 0 Å². The Labute approximate surface area is 164 Å². The molecule has 0 saturated carbocycles. The molecule has 0 aliphatic rings. The van der Waals surface area contributed by atoms with Crippen molar-refractivity contribution in [2.75, 3.05) is 17.7 Å². The number of thiazole rings is 1. The molecule has 0 spiro atoms. The van der Waals surface area contributed by atoms with E-state index in [4.69, 9.17) is 0 Å². The van der Waals surface area contributed by atoms with Crippen molar-refractivity contribution < 1.29 is 4.79 Å². The molecular weight excluding hydrogens is 386 g/mol. The minimum Gasteiger partial charge on any atom is -0.363 e. The standard InChI is InChI=1S/C17H19N5OS3/c1-4-11-5-7-12(8-6-11)13-9-24-16(19-13)20-14(23)10(2)25-17-22-21-15(18-3)26-17/h5-10H,4H2,1-3H3,(H,18,21)(H,19,20,23)/t10-/m1/s1. The van der Waals surface area contributed by atoms with Crippen molar-refractivity contribution in [3.05, 3.63) is 35.2 Å². The van der Waals surface area contributed by atoms with Crippen LogP contribution >= 0.6 is 34.4 Å². The van der Waals surface area contributed by atoms with Gasteiger partial charge in [-0.1, -0.05) is 54.3 Å². The molecule has 0 aliphatic heterocycles. The van der Waals surface area contributed by atoms with E-state index in [9.17, 15) is 4.79 Å². The summed E-state index contributed by atoms with van der Waals surface area (Å²) in [5.41, 5.74) is 3.22. The summed E-state index contributed by atoms with van der Waals surface area (Å²) in [7, 11) is 1.79. The Morgan fingerprint density at radius 3 is 2.65 bits per heavy atom. The zero-order valence-corrected chi connectivity index (χ0v) is 17.1. The Morgan fingerprint density at radius 2 is 2.00 bits per heavy atom. The third-order valence-corrected chi connectivity index (χ3v) is 6.54. The fourth-order valence-corrected chi connectivity index (χ4v) is 4.72. The highest BCUT2D eigenvalue weighted by Gasteiger charge is 2.18. The highest BCUT2D eigenvalue weighted by atomic mass is 32.2. The summed E-state index contributed by atoms with van der Waals surface area (Å²) in [4.78, 5) is 16.9. The summed E-state index contributed by atoms with van der Waals surface area (Å²) in [5, 5.41) is 16.9. The molecule has 0 aliphatic carbocycles. The molecule has 2 N–H and O–H groups in total. The Hall–Kier alpha value is -1.97. The molecule has 6 nitrogen and oxygen atoms in total. The molecule has 2 aromatic heterocycles. The summed E-state index contributed by atoms with van der Waals surface area (Å²) in [5.74, 6) is -0.0987. The lowest BCUT2D eigenvalue weighted by molar-refractivity contribution is -0.115. The van der Waals surface area contributed by atoms with Crippen LogP contribution in [0.25, 0.3) is 11.3 Å².